The van der Waals surface area contributed by atoms with Gasteiger partial charge in [-0.3, -0.25) is 14.5 Å². The van der Waals surface area contributed by atoms with Gasteiger partial charge in [0.1, 0.15) is 17.5 Å². The molecule has 2 atom stereocenters. The molecule has 0 radical (unpaired) electrons. The number of hydrogen-bond acceptors (Lipinski definition) is 4. The Bertz CT molecular complexity index is 1540. The van der Waals surface area contributed by atoms with Gasteiger partial charge in [0.05, 0.1) is 6.54 Å². The number of carbonyl (C=O) groups excluding carboxylic acids is 3. The standard InChI is InChI=1S/C30H22F3N3O4/c31-21-8-4-18(5-9-21)17-36-26(29(38)34-24-14-12-23(33)13-15-24)27(40-30(36)39)20-2-1-3-25(16-20)35-28(37)19-6-10-22(32)11-7-19/h1-16,26-27H,17H2,(H,34,38)(H,35,37)/t26-,27+/m0/s1. The number of benzene rings is 4. The third-order valence-corrected chi connectivity index (χ3v) is 6.31. The summed E-state index contributed by atoms with van der Waals surface area (Å²) in [6.45, 7) is -0.0435. The van der Waals surface area contributed by atoms with Crippen LogP contribution in [0.5, 0.6) is 0 Å². The molecule has 0 spiro atoms. The van der Waals surface area contributed by atoms with Crippen LogP contribution in [0, 0.1) is 17.5 Å². The van der Waals surface area contributed by atoms with E-state index in [1.54, 1.807) is 24.3 Å². The van der Waals surface area contributed by atoms with Crippen LogP contribution in [-0.4, -0.2) is 28.8 Å². The number of ether oxygens (including phenoxy) is 1. The van der Waals surface area contributed by atoms with Gasteiger partial charge in [0.25, 0.3) is 11.8 Å². The highest BCUT2D eigenvalue weighted by Crippen LogP contribution is 2.35. The van der Waals surface area contributed by atoms with Gasteiger partial charge in [0.2, 0.25) is 0 Å². The molecule has 0 bridgehead atoms. The molecule has 3 amide bonds. The van der Waals surface area contributed by atoms with E-state index in [-0.39, 0.29) is 12.1 Å². The average molecular weight is 546 g/mol. The monoisotopic (exact) mass is 545 g/mol. The Balaban J connectivity index is 1.43. The molecular weight excluding hydrogens is 523 g/mol. The fourth-order valence-corrected chi connectivity index (χ4v) is 4.34. The van der Waals surface area contributed by atoms with Crippen LogP contribution in [0.25, 0.3) is 0 Å². The summed E-state index contributed by atoms with van der Waals surface area (Å²) in [6, 6.07) is 20.9. The first-order valence-electron chi connectivity index (χ1n) is 12.2. The summed E-state index contributed by atoms with van der Waals surface area (Å²) < 4.78 is 45.7. The number of nitrogens with zero attached hydrogens (tertiary/aromatic N) is 1. The maximum Gasteiger partial charge on any atom is 0.411 e. The first-order chi connectivity index (χ1) is 19.3. The fourth-order valence-electron chi connectivity index (χ4n) is 4.34. The van der Waals surface area contributed by atoms with Crippen molar-refractivity contribution in [3.63, 3.8) is 0 Å². The Labute approximate surface area is 227 Å². The second-order valence-corrected chi connectivity index (χ2v) is 9.09. The van der Waals surface area contributed by atoms with Crippen LogP contribution in [0.15, 0.2) is 97.1 Å². The fraction of sp³-hybridized carbons (Fsp3) is 0.100. The highest BCUT2D eigenvalue weighted by molar-refractivity contribution is 6.04. The van der Waals surface area contributed by atoms with Crippen molar-refractivity contribution in [1.29, 1.82) is 0 Å². The van der Waals surface area contributed by atoms with E-state index in [4.69, 9.17) is 4.74 Å². The Morgan fingerprint density at radius 3 is 2.00 bits per heavy atom. The molecule has 202 valence electrons. The molecule has 1 aliphatic rings. The summed E-state index contributed by atoms with van der Waals surface area (Å²) in [5.41, 5.74) is 1.90. The predicted molar refractivity (Wildman–Crippen MR) is 141 cm³/mol. The number of carbonyl (C=O) groups is 3. The lowest BCUT2D eigenvalue weighted by atomic mass is 10.00. The SMILES string of the molecule is O=C(Nc1cccc([C@H]2OC(=O)N(Cc3ccc(F)cc3)[C@@H]2C(=O)Nc2ccc(F)cc2)c1)c1ccc(F)cc1. The molecule has 7 nitrogen and oxygen atoms in total. The molecular formula is C30H22F3N3O4. The first kappa shape index (κ1) is 26.5. The quantitative estimate of drug-likeness (QED) is 0.296. The summed E-state index contributed by atoms with van der Waals surface area (Å²) in [6.07, 6.45) is -1.84. The minimum absolute atomic E-state index is 0.0435. The summed E-state index contributed by atoms with van der Waals surface area (Å²) in [5, 5.41) is 5.40. The predicted octanol–water partition coefficient (Wildman–Crippen LogP) is 6.06. The molecule has 1 aliphatic heterocycles. The van der Waals surface area contributed by atoms with E-state index >= 15 is 0 Å². The molecule has 0 aliphatic carbocycles. The van der Waals surface area contributed by atoms with Crippen molar-refractivity contribution in [3.8, 4) is 0 Å². The van der Waals surface area contributed by atoms with Crippen LogP contribution in [0.1, 0.15) is 27.6 Å². The maximum atomic E-state index is 13.5. The largest absolute Gasteiger partial charge is 0.438 e. The van der Waals surface area contributed by atoms with Crippen LogP contribution in [0.3, 0.4) is 0 Å². The minimum atomic E-state index is -1.16. The molecule has 0 saturated carbocycles. The van der Waals surface area contributed by atoms with E-state index in [0.29, 0.717) is 22.5 Å². The summed E-state index contributed by atoms with van der Waals surface area (Å²) in [4.78, 5) is 40.4. The van der Waals surface area contributed by atoms with Gasteiger partial charge in [-0.15, -0.1) is 0 Å². The van der Waals surface area contributed by atoms with Gasteiger partial charge in [0, 0.05) is 16.9 Å². The van der Waals surface area contributed by atoms with E-state index in [1.165, 1.54) is 77.7 Å². The number of rotatable bonds is 7. The van der Waals surface area contributed by atoms with E-state index in [0.717, 1.165) is 0 Å². The third-order valence-electron chi connectivity index (χ3n) is 6.31. The van der Waals surface area contributed by atoms with Gasteiger partial charge in [-0.25, -0.2) is 18.0 Å². The first-order valence-corrected chi connectivity index (χ1v) is 12.2. The summed E-state index contributed by atoms with van der Waals surface area (Å²) >= 11 is 0. The minimum Gasteiger partial charge on any atom is -0.438 e. The van der Waals surface area contributed by atoms with Crippen LogP contribution >= 0.6 is 0 Å². The van der Waals surface area contributed by atoms with Crippen LogP contribution in [-0.2, 0) is 16.1 Å². The third kappa shape index (κ3) is 5.96. The molecule has 1 heterocycles. The summed E-state index contributed by atoms with van der Waals surface area (Å²) in [7, 11) is 0. The van der Waals surface area contributed by atoms with E-state index in [2.05, 4.69) is 10.6 Å². The zero-order chi connectivity index (χ0) is 28.2. The molecule has 4 aromatic carbocycles. The Morgan fingerprint density at radius 1 is 0.750 bits per heavy atom. The number of halogens is 3. The molecule has 1 fully saturated rings. The van der Waals surface area contributed by atoms with Gasteiger partial charge in [-0.2, -0.15) is 0 Å². The van der Waals surface area contributed by atoms with Crippen molar-refractivity contribution in [2.75, 3.05) is 10.6 Å². The lowest BCUT2D eigenvalue weighted by molar-refractivity contribution is -0.121. The number of cyclic esters (lactones) is 1. The zero-order valence-electron chi connectivity index (χ0n) is 20.8. The van der Waals surface area contributed by atoms with Crippen molar-refractivity contribution in [2.45, 2.75) is 18.7 Å². The van der Waals surface area contributed by atoms with Crippen molar-refractivity contribution in [1.82, 2.24) is 4.90 Å². The van der Waals surface area contributed by atoms with E-state index < -0.39 is 47.5 Å². The number of nitrogens with one attached hydrogen (secondary N) is 2. The zero-order valence-corrected chi connectivity index (χ0v) is 20.8. The molecule has 5 rings (SSSR count). The van der Waals surface area contributed by atoms with Crippen molar-refractivity contribution in [3.05, 3.63) is 131 Å². The molecule has 0 unspecified atom stereocenters. The highest BCUT2D eigenvalue weighted by Gasteiger charge is 2.47. The second kappa shape index (κ2) is 11.3. The Morgan fingerprint density at radius 2 is 1.35 bits per heavy atom. The number of anilines is 2. The normalized spacial score (nSPS) is 16.4. The number of hydrogen-bond donors (Lipinski definition) is 2. The molecule has 10 heteroatoms. The number of amides is 3. The van der Waals surface area contributed by atoms with Crippen LogP contribution < -0.4 is 10.6 Å². The van der Waals surface area contributed by atoms with Crippen molar-refractivity contribution >= 4 is 29.3 Å². The second-order valence-electron chi connectivity index (χ2n) is 9.09. The lowest BCUT2D eigenvalue weighted by Crippen LogP contribution is -2.43. The lowest BCUT2D eigenvalue weighted by Gasteiger charge is -2.24. The molecule has 2 N–H and O–H groups in total. The van der Waals surface area contributed by atoms with Crippen molar-refractivity contribution < 1.29 is 32.3 Å². The van der Waals surface area contributed by atoms with Crippen LogP contribution in [0.2, 0.25) is 0 Å². The van der Waals surface area contributed by atoms with E-state index in [1.807, 2.05) is 0 Å². The van der Waals surface area contributed by atoms with Crippen molar-refractivity contribution in [2.24, 2.45) is 0 Å². The van der Waals surface area contributed by atoms with E-state index in [9.17, 15) is 27.6 Å². The topological polar surface area (TPSA) is 87.7 Å². The highest BCUT2D eigenvalue weighted by atomic mass is 19.1. The van der Waals surface area contributed by atoms with Gasteiger partial charge in [-0.05, 0) is 83.9 Å². The Hall–Kier alpha value is -5.12. The van der Waals surface area contributed by atoms with Gasteiger partial charge >= 0.3 is 6.09 Å². The molecule has 0 aromatic heterocycles. The smallest absolute Gasteiger partial charge is 0.411 e. The van der Waals surface area contributed by atoms with Gasteiger partial charge < -0.3 is 15.4 Å². The summed E-state index contributed by atoms with van der Waals surface area (Å²) in [5.74, 6) is -2.48. The maximum absolute atomic E-state index is 13.5. The van der Waals surface area contributed by atoms with Gasteiger partial charge in [-0.1, -0.05) is 24.3 Å². The average Bonchev–Trinajstić information content (AvgIpc) is 3.27. The molecule has 1 saturated heterocycles. The van der Waals surface area contributed by atoms with Crippen LogP contribution in [0.4, 0.5) is 29.3 Å². The molecule has 4 aromatic rings. The Kier molecular flexibility index (Phi) is 7.50. The van der Waals surface area contributed by atoms with Gasteiger partial charge in [0.15, 0.2) is 12.1 Å². The molecule has 40 heavy (non-hydrogen) atoms.